The highest BCUT2D eigenvalue weighted by Gasteiger charge is 2.26. The summed E-state index contributed by atoms with van der Waals surface area (Å²) in [5.41, 5.74) is 0. The third-order valence-electron chi connectivity index (χ3n) is 4.02. The maximum absolute atomic E-state index is 12.2. The third-order valence-corrected chi connectivity index (χ3v) is 4.02. The van der Waals surface area contributed by atoms with Gasteiger partial charge in [0.25, 0.3) is 0 Å². The Balaban J connectivity index is 1.80. The number of nitrogens with one attached hydrogen (secondary N) is 2. The Hall–Kier alpha value is -1.10. The third kappa shape index (κ3) is 3.93. The minimum atomic E-state index is -0.408. The molecule has 0 spiro atoms. The van der Waals surface area contributed by atoms with Crippen molar-refractivity contribution in [1.29, 1.82) is 0 Å². The molecule has 0 aromatic carbocycles. The van der Waals surface area contributed by atoms with Crippen molar-refractivity contribution in [3.63, 3.8) is 0 Å². The molecule has 2 atom stereocenters. The molecule has 0 saturated carbocycles. The van der Waals surface area contributed by atoms with E-state index in [0.717, 1.165) is 51.7 Å². The Morgan fingerprint density at radius 2 is 1.89 bits per heavy atom. The fraction of sp³-hybridized carbons (Fsp3) is 0.857. The summed E-state index contributed by atoms with van der Waals surface area (Å²) in [5.74, 6) is 0.0291. The monoisotopic (exact) mass is 267 g/mol. The SMILES string of the molecule is CC(NC(=O)C1CCCCN1)C(=O)N1CCCCC1. The summed E-state index contributed by atoms with van der Waals surface area (Å²) < 4.78 is 0. The summed E-state index contributed by atoms with van der Waals surface area (Å²) in [6.07, 6.45) is 6.45. The van der Waals surface area contributed by atoms with E-state index in [9.17, 15) is 9.59 Å². The van der Waals surface area contributed by atoms with E-state index in [2.05, 4.69) is 10.6 Å². The van der Waals surface area contributed by atoms with Crippen LogP contribution in [0.25, 0.3) is 0 Å². The molecule has 0 aromatic heterocycles. The lowest BCUT2D eigenvalue weighted by Crippen LogP contribution is -2.54. The average molecular weight is 267 g/mol. The molecule has 0 radical (unpaired) electrons. The van der Waals surface area contributed by atoms with Gasteiger partial charge >= 0.3 is 0 Å². The summed E-state index contributed by atoms with van der Waals surface area (Å²) in [6.45, 7) is 4.35. The highest BCUT2D eigenvalue weighted by Crippen LogP contribution is 2.11. The lowest BCUT2D eigenvalue weighted by molar-refractivity contribution is -0.137. The van der Waals surface area contributed by atoms with Gasteiger partial charge in [-0.05, 0) is 45.6 Å². The predicted octanol–water partition coefficient (Wildman–Crippen LogP) is 0.646. The maximum Gasteiger partial charge on any atom is 0.244 e. The van der Waals surface area contributed by atoms with Crippen molar-refractivity contribution < 1.29 is 9.59 Å². The van der Waals surface area contributed by atoms with Gasteiger partial charge in [-0.3, -0.25) is 9.59 Å². The van der Waals surface area contributed by atoms with E-state index in [-0.39, 0.29) is 17.9 Å². The molecule has 0 bridgehead atoms. The minimum absolute atomic E-state index is 0.0300. The van der Waals surface area contributed by atoms with Gasteiger partial charge in [-0.15, -0.1) is 0 Å². The Morgan fingerprint density at radius 3 is 2.53 bits per heavy atom. The van der Waals surface area contributed by atoms with Crippen molar-refractivity contribution in [2.75, 3.05) is 19.6 Å². The van der Waals surface area contributed by atoms with Crippen LogP contribution >= 0.6 is 0 Å². The second-order valence-corrected chi connectivity index (χ2v) is 5.62. The first-order valence-corrected chi connectivity index (χ1v) is 7.51. The molecule has 2 aliphatic heterocycles. The van der Waals surface area contributed by atoms with Crippen molar-refractivity contribution in [3.8, 4) is 0 Å². The molecule has 2 aliphatic rings. The average Bonchev–Trinajstić information content (AvgIpc) is 2.48. The summed E-state index contributed by atoms with van der Waals surface area (Å²) in [7, 11) is 0. The van der Waals surface area contributed by atoms with Crippen LogP contribution in [0.2, 0.25) is 0 Å². The number of hydrogen-bond acceptors (Lipinski definition) is 3. The van der Waals surface area contributed by atoms with Gasteiger partial charge in [0.1, 0.15) is 6.04 Å². The number of rotatable bonds is 3. The second kappa shape index (κ2) is 6.89. The van der Waals surface area contributed by atoms with Gasteiger partial charge in [0.15, 0.2) is 0 Å². The number of carbonyl (C=O) groups is 2. The summed E-state index contributed by atoms with van der Waals surface area (Å²) in [4.78, 5) is 26.1. The quantitative estimate of drug-likeness (QED) is 0.789. The van der Waals surface area contributed by atoms with Gasteiger partial charge in [-0.25, -0.2) is 0 Å². The van der Waals surface area contributed by atoms with Crippen molar-refractivity contribution in [2.45, 2.75) is 57.5 Å². The van der Waals surface area contributed by atoms with Gasteiger partial charge in [-0.2, -0.15) is 0 Å². The van der Waals surface area contributed by atoms with Crippen LogP contribution in [0.15, 0.2) is 0 Å². The minimum Gasteiger partial charge on any atom is -0.343 e. The number of likely N-dealkylation sites (tertiary alicyclic amines) is 1. The van der Waals surface area contributed by atoms with Crippen LogP contribution in [0.3, 0.4) is 0 Å². The van der Waals surface area contributed by atoms with E-state index in [1.807, 2.05) is 4.90 Å². The van der Waals surface area contributed by atoms with Crippen LogP contribution < -0.4 is 10.6 Å². The standard InChI is InChI=1S/C14H25N3O2/c1-11(14(19)17-9-5-2-6-10-17)16-13(18)12-7-3-4-8-15-12/h11-12,15H,2-10H2,1H3,(H,16,18). The topological polar surface area (TPSA) is 61.4 Å². The first-order chi connectivity index (χ1) is 9.18. The van der Waals surface area contributed by atoms with Crippen LogP contribution in [-0.2, 0) is 9.59 Å². The number of amides is 2. The Bertz CT molecular complexity index is 321. The van der Waals surface area contributed by atoms with E-state index in [0.29, 0.717) is 0 Å². The molecule has 2 fully saturated rings. The first kappa shape index (κ1) is 14.3. The van der Waals surface area contributed by atoms with Crippen molar-refractivity contribution in [3.05, 3.63) is 0 Å². The molecule has 19 heavy (non-hydrogen) atoms. The Morgan fingerprint density at radius 1 is 1.16 bits per heavy atom. The maximum atomic E-state index is 12.2. The molecule has 2 rings (SSSR count). The fourth-order valence-electron chi connectivity index (χ4n) is 2.84. The number of hydrogen-bond donors (Lipinski definition) is 2. The zero-order chi connectivity index (χ0) is 13.7. The summed E-state index contributed by atoms with van der Waals surface area (Å²) in [5, 5.41) is 6.06. The van der Waals surface area contributed by atoms with Crippen molar-refractivity contribution in [1.82, 2.24) is 15.5 Å². The summed E-state index contributed by atoms with van der Waals surface area (Å²) in [6, 6.07) is -0.528. The van der Waals surface area contributed by atoms with Crippen LogP contribution in [-0.4, -0.2) is 48.4 Å². The summed E-state index contributed by atoms with van der Waals surface area (Å²) >= 11 is 0. The smallest absolute Gasteiger partial charge is 0.244 e. The highest BCUT2D eigenvalue weighted by molar-refractivity contribution is 5.89. The molecule has 2 unspecified atom stereocenters. The number of nitrogens with zero attached hydrogens (tertiary/aromatic N) is 1. The predicted molar refractivity (Wildman–Crippen MR) is 73.7 cm³/mol. The zero-order valence-corrected chi connectivity index (χ0v) is 11.8. The first-order valence-electron chi connectivity index (χ1n) is 7.51. The number of piperidine rings is 2. The van der Waals surface area contributed by atoms with E-state index < -0.39 is 6.04 Å². The largest absolute Gasteiger partial charge is 0.343 e. The fourth-order valence-corrected chi connectivity index (χ4v) is 2.84. The lowest BCUT2D eigenvalue weighted by Gasteiger charge is -2.30. The van der Waals surface area contributed by atoms with E-state index in [4.69, 9.17) is 0 Å². The molecule has 5 nitrogen and oxygen atoms in total. The molecular weight excluding hydrogens is 242 g/mol. The number of carbonyl (C=O) groups excluding carboxylic acids is 2. The van der Waals surface area contributed by atoms with Crippen LogP contribution in [0.1, 0.15) is 45.4 Å². The Kier molecular flexibility index (Phi) is 5.19. The van der Waals surface area contributed by atoms with Gasteiger partial charge < -0.3 is 15.5 Å². The van der Waals surface area contributed by atoms with E-state index in [1.165, 1.54) is 6.42 Å². The molecular formula is C14H25N3O2. The van der Waals surface area contributed by atoms with Gasteiger partial charge in [0.05, 0.1) is 6.04 Å². The molecule has 2 saturated heterocycles. The van der Waals surface area contributed by atoms with Crippen LogP contribution in [0, 0.1) is 0 Å². The molecule has 2 amide bonds. The van der Waals surface area contributed by atoms with Gasteiger partial charge in [0.2, 0.25) is 11.8 Å². The zero-order valence-electron chi connectivity index (χ0n) is 11.8. The van der Waals surface area contributed by atoms with Crippen molar-refractivity contribution >= 4 is 11.8 Å². The molecule has 2 N–H and O–H groups in total. The molecule has 108 valence electrons. The molecule has 2 heterocycles. The molecule has 0 aliphatic carbocycles. The van der Waals surface area contributed by atoms with E-state index in [1.54, 1.807) is 6.92 Å². The second-order valence-electron chi connectivity index (χ2n) is 5.62. The van der Waals surface area contributed by atoms with Gasteiger partial charge in [0, 0.05) is 13.1 Å². The van der Waals surface area contributed by atoms with E-state index >= 15 is 0 Å². The molecule has 0 aromatic rings. The highest BCUT2D eigenvalue weighted by atomic mass is 16.2. The molecule has 5 heteroatoms. The van der Waals surface area contributed by atoms with Gasteiger partial charge in [-0.1, -0.05) is 6.42 Å². The van der Waals surface area contributed by atoms with Crippen LogP contribution in [0.5, 0.6) is 0 Å². The normalized spacial score (nSPS) is 25.7. The van der Waals surface area contributed by atoms with Crippen molar-refractivity contribution in [2.24, 2.45) is 0 Å². The lowest BCUT2D eigenvalue weighted by atomic mass is 10.0. The Labute approximate surface area is 115 Å². The van der Waals surface area contributed by atoms with Crippen LogP contribution in [0.4, 0.5) is 0 Å².